The molecule has 0 amide bonds. The highest BCUT2D eigenvalue weighted by molar-refractivity contribution is 5.40. The van der Waals surface area contributed by atoms with Crippen LogP contribution in [0.5, 0.6) is 5.75 Å². The highest BCUT2D eigenvalue weighted by atomic mass is 16.5. The van der Waals surface area contributed by atoms with Crippen LogP contribution < -0.4 is 10.1 Å². The van der Waals surface area contributed by atoms with Crippen molar-refractivity contribution < 1.29 is 9.47 Å². The molecule has 1 saturated heterocycles. The van der Waals surface area contributed by atoms with Crippen LogP contribution in [0.15, 0.2) is 18.2 Å². The highest BCUT2D eigenvalue weighted by Gasteiger charge is 2.23. The van der Waals surface area contributed by atoms with Crippen molar-refractivity contribution >= 4 is 0 Å². The van der Waals surface area contributed by atoms with Crippen LogP contribution in [0.4, 0.5) is 0 Å². The van der Waals surface area contributed by atoms with E-state index in [1.54, 1.807) is 0 Å². The summed E-state index contributed by atoms with van der Waals surface area (Å²) < 4.78 is 11.7. The van der Waals surface area contributed by atoms with Gasteiger partial charge in [-0.05, 0) is 37.9 Å². The predicted octanol–water partition coefficient (Wildman–Crippen LogP) is 2.46. The van der Waals surface area contributed by atoms with Gasteiger partial charge in [-0.25, -0.2) is 0 Å². The first-order valence-electron chi connectivity index (χ1n) is 7.38. The van der Waals surface area contributed by atoms with Crippen molar-refractivity contribution in [3.8, 4) is 5.75 Å². The maximum atomic E-state index is 5.91. The van der Waals surface area contributed by atoms with Gasteiger partial charge in [0.2, 0.25) is 0 Å². The van der Waals surface area contributed by atoms with Crippen molar-refractivity contribution in [2.45, 2.75) is 44.8 Å². The monoisotopic (exact) mass is 261 g/mol. The van der Waals surface area contributed by atoms with Crippen LogP contribution in [-0.4, -0.2) is 31.9 Å². The minimum Gasteiger partial charge on any atom is -0.487 e. The van der Waals surface area contributed by atoms with E-state index in [2.05, 4.69) is 30.4 Å². The first-order valence-corrected chi connectivity index (χ1v) is 7.38. The summed E-state index contributed by atoms with van der Waals surface area (Å²) in [5.41, 5.74) is 2.62. The third-order valence-corrected chi connectivity index (χ3v) is 3.99. The fraction of sp³-hybridized carbons (Fsp3) is 0.625. The van der Waals surface area contributed by atoms with Gasteiger partial charge in [0.25, 0.3) is 0 Å². The number of piperidine rings is 1. The molecule has 2 unspecified atom stereocenters. The Balaban J connectivity index is 1.43. The molecule has 1 aromatic rings. The molecule has 3 nitrogen and oxygen atoms in total. The van der Waals surface area contributed by atoms with Crippen LogP contribution in [-0.2, 0) is 11.2 Å². The molecule has 3 rings (SSSR count). The van der Waals surface area contributed by atoms with E-state index in [9.17, 15) is 0 Å². The van der Waals surface area contributed by atoms with Crippen molar-refractivity contribution in [1.82, 2.24) is 5.32 Å². The molecule has 1 N–H and O–H groups in total. The second kappa shape index (κ2) is 5.93. The van der Waals surface area contributed by atoms with Crippen LogP contribution >= 0.6 is 0 Å². The van der Waals surface area contributed by atoms with E-state index in [-0.39, 0.29) is 6.10 Å². The van der Waals surface area contributed by atoms with Crippen molar-refractivity contribution in [3.05, 3.63) is 29.3 Å². The van der Waals surface area contributed by atoms with E-state index in [1.807, 2.05) is 0 Å². The summed E-state index contributed by atoms with van der Waals surface area (Å²) in [6.07, 6.45) is 5.04. The van der Waals surface area contributed by atoms with Crippen LogP contribution in [0, 0.1) is 6.92 Å². The zero-order valence-electron chi connectivity index (χ0n) is 11.7. The smallest absolute Gasteiger partial charge is 0.126 e. The maximum Gasteiger partial charge on any atom is 0.126 e. The van der Waals surface area contributed by atoms with E-state index in [4.69, 9.17) is 9.47 Å². The van der Waals surface area contributed by atoms with Crippen LogP contribution in [0.2, 0.25) is 0 Å². The summed E-state index contributed by atoms with van der Waals surface area (Å²) >= 11 is 0. The van der Waals surface area contributed by atoms with Gasteiger partial charge < -0.3 is 14.8 Å². The van der Waals surface area contributed by atoms with Gasteiger partial charge in [0.15, 0.2) is 0 Å². The van der Waals surface area contributed by atoms with Gasteiger partial charge in [-0.2, -0.15) is 0 Å². The molecule has 2 atom stereocenters. The summed E-state index contributed by atoms with van der Waals surface area (Å²) in [5.74, 6) is 1.04. The number of benzene rings is 1. The highest BCUT2D eigenvalue weighted by Crippen LogP contribution is 2.29. The van der Waals surface area contributed by atoms with Crippen LogP contribution in [0.3, 0.4) is 0 Å². The van der Waals surface area contributed by atoms with Crippen LogP contribution in [0.25, 0.3) is 0 Å². The topological polar surface area (TPSA) is 30.5 Å². The standard InChI is InChI=1S/C16H23NO2/c1-12-5-6-16-13(8-12)9-15(19-16)11-18-10-14-4-2-3-7-17-14/h5-6,8,14-15,17H,2-4,7,9-11H2,1H3. The van der Waals surface area contributed by atoms with E-state index in [1.165, 1.54) is 30.4 Å². The molecule has 2 heterocycles. The molecule has 2 aliphatic rings. The average Bonchev–Trinajstić information content (AvgIpc) is 2.82. The van der Waals surface area contributed by atoms with Gasteiger partial charge in [-0.3, -0.25) is 0 Å². The van der Waals surface area contributed by atoms with E-state index in [0.717, 1.165) is 25.3 Å². The number of fused-ring (bicyclic) bond motifs is 1. The molecule has 0 radical (unpaired) electrons. The number of ether oxygens (including phenoxy) is 2. The van der Waals surface area contributed by atoms with Gasteiger partial charge >= 0.3 is 0 Å². The summed E-state index contributed by atoms with van der Waals surface area (Å²) in [5, 5.41) is 3.50. The van der Waals surface area contributed by atoms with Gasteiger partial charge in [0.05, 0.1) is 13.2 Å². The average molecular weight is 261 g/mol. The molecule has 0 saturated carbocycles. The van der Waals surface area contributed by atoms with Crippen molar-refractivity contribution in [2.75, 3.05) is 19.8 Å². The first-order chi connectivity index (χ1) is 9.31. The molecule has 104 valence electrons. The molecule has 0 spiro atoms. The van der Waals surface area contributed by atoms with Gasteiger partial charge in [-0.1, -0.05) is 24.1 Å². The molecule has 2 aliphatic heterocycles. The Labute approximate surface area is 115 Å². The molecule has 0 aromatic heterocycles. The van der Waals surface area contributed by atoms with Gasteiger partial charge in [-0.15, -0.1) is 0 Å². The van der Waals surface area contributed by atoms with Crippen molar-refractivity contribution in [3.63, 3.8) is 0 Å². The Morgan fingerprint density at radius 1 is 1.32 bits per heavy atom. The molecule has 1 fully saturated rings. The Hall–Kier alpha value is -1.06. The Bertz CT molecular complexity index is 427. The Morgan fingerprint density at radius 3 is 3.11 bits per heavy atom. The molecule has 0 aliphatic carbocycles. The minimum absolute atomic E-state index is 0.195. The lowest BCUT2D eigenvalue weighted by Crippen LogP contribution is -2.38. The second-order valence-electron chi connectivity index (χ2n) is 5.74. The number of hydrogen-bond acceptors (Lipinski definition) is 3. The van der Waals surface area contributed by atoms with Crippen molar-refractivity contribution in [1.29, 1.82) is 0 Å². The molecule has 3 heteroatoms. The number of nitrogens with one attached hydrogen (secondary N) is 1. The normalized spacial score (nSPS) is 25.9. The Kier molecular flexibility index (Phi) is 4.04. The summed E-state index contributed by atoms with van der Waals surface area (Å²) in [6, 6.07) is 6.94. The number of rotatable bonds is 4. The summed E-state index contributed by atoms with van der Waals surface area (Å²) in [6.45, 7) is 4.78. The van der Waals surface area contributed by atoms with Crippen LogP contribution in [0.1, 0.15) is 30.4 Å². The van der Waals surface area contributed by atoms with E-state index in [0.29, 0.717) is 12.6 Å². The molecule has 1 aromatic carbocycles. The molecule has 0 bridgehead atoms. The minimum atomic E-state index is 0.195. The maximum absolute atomic E-state index is 5.91. The third kappa shape index (κ3) is 3.28. The molecular weight excluding hydrogens is 238 g/mol. The molecule has 19 heavy (non-hydrogen) atoms. The first kappa shape index (κ1) is 12.9. The lowest BCUT2D eigenvalue weighted by molar-refractivity contribution is 0.0447. The summed E-state index contributed by atoms with van der Waals surface area (Å²) in [4.78, 5) is 0. The number of hydrogen-bond donors (Lipinski definition) is 1. The predicted molar refractivity (Wildman–Crippen MR) is 75.8 cm³/mol. The van der Waals surface area contributed by atoms with Crippen molar-refractivity contribution in [2.24, 2.45) is 0 Å². The fourth-order valence-electron chi connectivity index (χ4n) is 2.95. The lowest BCUT2D eigenvalue weighted by Gasteiger charge is -2.23. The molecular formula is C16H23NO2. The second-order valence-corrected chi connectivity index (χ2v) is 5.74. The largest absolute Gasteiger partial charge is 0.487 e. The fourth-order valence-corrected chi connectivity index (χ4v) is 2.95. The number of aryl methyl sites for hydroxylation is 1. The quantitative estimate of drug-likeness (QED) is 0.903. The summed E-state index contributed by atoms with van der Waals surface area (Å²) in [7, 11) is 0. The lowest BCUT2D eigenvalue weighted by atomic mass is 10.1. The zero-order valence-corrected chi connectivity index (χ0v) is 11.7. The zero-order chi connectivity index (χ0) is 13.1. The third-order valence-electron chi connectivity index (χ3n) is 3.99. The van der Waals surface area contributed by atoms with Gasteiger partial charge in [0, 0.05) is 12.5 Å². The van der Waals surface area contributed by atoms with E-state index >= 15 is 0 Å². The SMILES string of the molecule is Cc1ccc2c(c1)CC(COCC1CCCCN1)O2. The Morgan fingerprint density at radius 2 is 2.26 bits per heavy atom. The van der Waals surface area contributed by atoms with E-state index < -0.39 is 0 Å². The van der Waals surface area contributed by atoms with Gasteiger partial charge in [0.1, 0.15) is 11.9 Å².